The third-order valence-corrected chi connectivity index (χ3v) is 4.90. The fraction of sp³-hybridized carbons (Fsp3) is 0.273. The van der Waals surface area contributed by atoms with E-state index in [1.807, 2.05) is 0 Å². The van der Waals surface area contributed by atoms with Crippen molar-refractivity contribution < 1.29 is 0 Å². The number of benzene rings is 2. The van der Waals surface area contributed by atoms with Crippen LogP contribution < -0.4 is 0 Å². The molecule has 0 radical (unpaired) electrons. The number of hydrogen-bond acceptors (Lipinski definition) is 2. The second-order valence-electron chi connectivity index (χ2n) is 6.48. The van der Waals surface area contributed by atoms with E-state index < -0.39 is 0 Å². The smallest absolute Gasteiger partial charge is 0.116 e. The van der Waals surface area contributed by atoms with Crippen LogP contribution >= 0.6 is 0 Å². The fourth-order valence-corrected chi connectivity index (χ4v) is 3.61. The van der Waals surface area contributed by atoms with Crippen molar-refractivity contribution in [3.05, 3.63) is 60.4 Å². The van der Waals surface area contributed by atoms with Gasteiger partial charge in [-0.15, -0.1) is 0 Å². The molecule has 0 atom stereocenters. The maximum absolute atomic E-state index is 4.64. The molecule has 0 unspecified atom stereocenters. The third-order valence-electron chi connectivity index (χ3n) is 4.90. The van der Waals surface area contributed by atoms with Crippen LogP contribution in [-0.2, 0) is 13.0 Å². The van der Waals surface area contributed by atoms with Gasteiger partial charge in [-0.3, -0.25) is 0 Å². The number of unbranched alkanes of at least 4 members (excludes halogenated alkanes) is 1. The molecule has 4 rings (SSSR count). The highest BCUT2D eigenvalue weighted by atomic mass is 15.0. The van der Waals surface area contributed by atoms with Crippen molar-refractivity contribution in [2.24, 2.45) is 0 Å². The fourth-order valence-electron chi connectivity index (χ4n) is 3.61. The van der Waals surface area contributed by atoms with E-state index in [1.54, 1.807) is 6.33 Å². The van der Waals surface area contributed by atoms with Gasteiger partial charge >= 0.3 is 0 Å². The molecule has 0 amide bonds. The van der Waals surface area contributed by atoms with Gasteiger partial charge in [-0.25, -0.2) is 9.97 Å². The van der Waals surface area contributed by atoms with Crippen LogP contribution in [0.5, 0.6) is 0 Å². The second-order valence-corrected chi connectivity index (χ2v) is 6.48. The molecule has 0 N–H and O–H groups in total. The summed E-state index contributed by atoms with van der Waals surface area (Å²) in [7, 11) is 0. The normalized spacial score (nSPS) is 11.4. The van der Waals surface area contributed by atoms with Crippen LogP contribution in [0, 0.1) is 0 Å². The lowest BCUT2D eigenvalue weighted by molar-refractivity contribution is 0.795. The predicted octanol–water partition coefficient (Wildman–Crippen LogP) is 5.61. The molecule has 0 bridgehead atoms. The number of fused-ring (bicyclic) bond motifs is 3. The molecule has 4 aromatic rings. The number of hydrogen-bond donors (Lipinski definition) is 0. The lowest BCUT2D eigenvalue weighted by atomic mass is 10.0. The minimum atomic E-state index is 0.902. The van der Waals surface area contributed by atoms with Crippen molar-refractivity contribution in [1.29, 1.82) is 0 Å². The van der Waals surface area contributed by atoms with Crippen molar-refractivity contribution in [3.63, 3.8) is 0 Å². The van der Waals surface area contributed by atoms with Crippen LogP contribution in [-0.4, -0.2) is 14.5 Å². The van der Waals surface area contributed by atoms with Gasteiger partial charge in [0.15, 0.2) is 0 Å². The van der Waals surface area contributed by atoms with Gasteiger partial charge in [0.1, 0.15) is 11.8 Å². The summed E-state index contributed by atoms with van der Waals surface area (Å²) in [5.41, 5.74) is 6.97. The van der Waals surface area contributed by atoms with E-state index >= 15 is 0 Å². The third kappa shape index (κ3) is 2.70. The molecular weight excluding hydrogens is 306 g/mol. The zero-order chi connectivity index (χ0) is 17.2. The number of nitrogens with zero attached hydrogens (tertiary/aromatic N) is 3. The van der Waals surface area contributed by atoms with E-state index in [1.165, 1.54) is 29.3 Å². The van der Waals surface area contributed by atoms with Crippen molar-refractivity contribution in [2.75, 3.05) is 0 Å². The van der Waals surface area contributed by atoms with Gasteiger partial charge in [0.05, 0.1) is 16.7 Å². The molecule has 0 saturated heterocycles. The highest BCUT2D eigenvalue weighted by Gasteiger charge is 2.15. The number of rotatable bonds is 5. The average molecular weight is 329 g/mol. The van der Waals surface area contributed by atoms with E-state index in [-0.39, 0.29) is 0 Å². The van der Waals surface area contributed by atoms with Crippen LogP contribution in [0.3, 0.4) is 0 Å². The number of aryl methyl sites for hydroxylation is 2. The maximum Gasteiger partial charge on any atom is 0.116 e. The first-order valence-corrected chi connectivity index (χ1v) is 9.14. The minimum absolute atomic E-state index is 0.902. The van der Waals surface area contributed by atoms with Gasteiger partial charge in [0.2, 0.25) is 0 Å². The highest BCUT2D eigenvalue weighted by molar-refractivity contribution is 6.09. The average Bonchev–Trinajstić information content (AvgIpc) is 3.00. The lowest BCUT2D eigenvalue weighted by Gasteiger charge is -2.08. The molecule has 0 saturated carbocycles. The van der Waals surface area contributed by atoms with Crippen LogP contribution in [0.25, 0.3) is 33.2 Å². The van der Waals surface area contributed by atoms with Crippen molar-refractivity contribution in [3.8, 4) is 11.3 Å². The molecule has 2 aromatic carbocycles. The molecule has 25 heavy (non-hydrogen) atoms. The Bertz CT molecular complexity index is 1010. The zero-order valence-electron chi connectivity index (χ0n) is 14.9. The summed E-state index contributed by atoms with van der Waals surface area (Å²) in [5.74, 6) is 0. The first-order valence-electron chi connectivity index (χ1n) is 9.14. The summed E-state index contributed by atoms with van der Waals surface area (Å²) in [4.78, 5) is 9.23. The summed E-state index contributed by atoms with van der Waals surface area (Å²) in [5, 5.41) is 1.20. The Hall–Kier alpha value is -2.68. The minimum Gasteiger partial charge on any atom is -0.338 e. The van der Waals surface area contributed by atoms with E-state index in [4.69, 9.17) is 0 Å². The topological polar surface area (TPSA) is 30.7 Å². The predicted molar refractivity (Wildman–Crippen MR) is 105 cm³/mol. The molecule has 3 nitrogen and oxygen atoms in total. The van der Waals surface area contributed by atoms with Crippen LogP contribution in [0.2, 0.25) is 0 Å². The Labute approximate surface area is 148 Å². The Morgan fingerprint density at radius 2 is 1.72 bits per heavy atom. The van der Waals surface area contributed by atoms with Crippen LogP contribution in [0.1, 0.15) is 32.3 Å². The van der Waals surface area contributed by atoms with E-state index in [0.717, 1.165) is 35.3 Å². The first kappa shape index (κ1) is 15.8. The first-order chi connectivity index (χ1) is 12.3. The van der Waals surface area contributed by atoms with Gasteiger partial charge in [-0.2, -0.15) is 0 Å². The van der Waals surface area contributed by atoms with Gasteiger partial charge in [-0.1, -0.05) is 55.8 Å². The summed E-state index contributed by atoms with van der Waals surface area (Å²) in [6, 6.07) is 17.3. The lowest BCUT2D eigenvalue weighted by Crippen LogP contribution is -1.97. The molecule has 126 valence electrons. The molecular formula is C22H23N3. The van der Waals surface area contributed by atoms with E-state index in [2.05, 4.69) is 76.9 Å². The molecule has 0 spiro atoms. The molecule has 2 aromatic heterocycles. The molecule has 0 aliphatic heterocycles. The van der Waals surface area contributed by atoms with Crippen molar-refractivity contribution in [1.82, 2.24) is 14.5 Å². The van der Waals surface area contributed by atoms with Gasteiger partial charge < -0.3 is 4.57 Å². The van der Waals surface area contributed by atoms with Gasteiger partial charge in [0, 0.05) is 17.5 Å². The largest absolute Gasteiger partial charge is 0.338 e. The van der Waals surface area contributed by atoms with Gasteiger partial charge in [-0.05, 0) is 31.4 Å². The Morgan fingerprint density at radius 1 is 0.920 bits per heavy atom. The summed E-state index contributed by atoms with van der Waals surface area (Å²) in [6.07, 6.45) is 5.30. The zero-order valence-corrected chi connectivity index (χ0v) is 14.9. The maximum atomic E-state index is 4.64. The van der Waals surface area contributed by atoms with E-state index in [9.17, 15) is 0 Å². The molecule has 0 aliphatic rings. The monoisotopic (exact) mass is 329 g/mol. The molecule has 0 fully saturated rings. The van der Waals surface area contributed by atoms with Gasteiger partial charge in [0.25, 0.3) is 0 Å². The molecule has 0 aliphatic carbocycles. The van der Waals surface area contributed by atoms with E-state index in [0.29, 0.717) is 0 Å². The Morgan fingerprint density at radius 3 is 2.48 bits per heavy atom. The van der Waals surface area contributed by atoms with Crippen molar-refractivity contribution in [2.45, 2.75) is 39.7 Å². The Balaban J connectivity index is 1.90. The number of para-hydroxylation sites is 1. The molecule has 3 heteroatoms. The van der Waals surface area contributed by atoms with Crippen LogP contribution in [0.15, 0.2) is 54.9 Å². The second kappa shape index (κ2) is 6.67. The van der Waals surface area contributed by atoms with Crippen molar-refractivity contribution >= 4 is 21.9 Å². The quantitative estimate of drug-likeness (QED) is 0.476. The number of aromatic nitrogens is 3. The Kier molecular flexibility index (Phi) is 4.22. The standard InChI is InChI=1S/C22H23N3/c1-3-5-8-16-11-13-17(14-12-16)20-22-21(24-15-23-20)18-9-6-7-10-19(18)25(22)4-2/h6-7,9-15H,3-5,8H2,1-2H3. The summed E-state index contributed by atoms with van der Waals surface area (Å²) >= 11 is 0. The van der Waals surface area contributed by atoms with Crippen LogP contribution in [0.4, 0.5) is 0 Å². The summed E-state index contributed by atoms with van der Waals surface area (Å²) in [6.45, 7) is 5.31. The highest BCUT2D eigenvalue weighted by Crippen LogP contribution is 2.33. The summed E-state index contributed by atoms with van der Waals surface area (Å²) < 4.78 is 2.32. The SMILES string of the molecule is CCCCc1ccc(-c2ncnc3c4ccccc4n(CC)c23)cc1. The molecule has 2 heterocycles.